The normalized spacial score (nSPS) is 18.1. The molecule has 0 amide bonds. The molecule has 0 spiro atoms. The maximum absolute atomic E-state index is 12.8. The molecule has 0 aliphatic heterocycles. The maximum Gasteiger partial charge on any atom is 0.573 e. The lowest BCUT2D eigenvalue weighted by Crippen LogP contribution is -2.19. The van der Waals surface area contributed by atoms with E-state index in [-0.39, 0.29) is 23.7 Å². The van der Waals surface area contributed by atoms with E-state index in [0.717, 1.165) is 0 Å². The summed E-state index contributed by atoms with van der Waals surface area (Å²) in [7, 11) is 0. The molecule has 2 saturated carbocycles. The first-order valence-electron chi connectivity index (χ1n) is 9.40. The first-order chi connectivity index (χ1) is 12.9. The highest BCUT2D eigenvalue weighted by Gasteiger charge is 2.34. The first-order valence-corrected chi connectivity index (χ1v) is 9.40. The third kappa shape index (κ3) is 6.22. The van der Waals surface area contributed by atoms with Gasteiger partial charge < -0.3 is 14.2 Å². The summed E-state index contributed by atoms with van der Waals surface area (Å²) in [6.45, 7) is 2.06. The zero-order valence-electron chi connectivity index (χ0n) is 15.4. The lowest BCUT2D eigenvalue weighted by atomic mass is 9.85. The molecular formula is C21H25F3O3. The molecule has 0 bridgehead atoms. The molecule has 6 heteroatoms. The number of hydrogen-bond donors (Lipinski definition) is 0. The van der Waals surface area contributed by atoms with Crippen LogP contribution in [0.15, 0.2) is 36.4 Å². The van der Waals surface area contributed by atoms with Crippen LogP contribution in [-0.4, -0.2) is 19.6 Å². The van der Waals surface area contributed by atoms with Gasteiger partial charge in [-0.2, -0.15) is 0 Å². The van der Waals surface area contributed by atoms with Gasteiger partial charge in [-0.05, 0) is 56.6 Å². The molecule has 2 fully saturated rings. The number of rotatable bonds is 9. The third-order valence-electron chi connectivity index (χ3n) is 4.80. The smallest absolute Gasteiger partial charge is 0.489 e. The van der Waals surface area contributed by atoms with Crippen molar-refractivity contribution >= 4 is 0 Å². The van der Waals surface area contributed by atoms with Crippen LogP contribution >= 0.6 is 0 Å². The Kier molecular flexibility index (Phi) is 6.34. The minimum Gasteiger partial charge on any atom is -0.489 e. The van der Waals surface area contributed by atoms with Crippen LogP contribution in [0.4, 0.5) is 13.2 Å². The quantitative estimate of drug-likeness (QED) is 0.492. The molecule has 0 aromatic heterocycles. The fraction of sp³-hybridized carbons (Fsp3) is 0.524. The molecule has 0 saturated heterocycles. The Hall–Kier alpha value is -2.11. The van der Waals surface area contributed by atoms with Gasteiger partial charge in [0.05, 0.1) is 0 Å². The second-order valence-corrected chi connectivity index (χ2v) is 7.07. The van der Waals surface area contributed by atoms with Crippen molar-refractivity contribution in [3.8, 4) is 17.2 Å². The van der Waals surface area contributed by atoms with Crippen molar-refractivity contribution in [1.82, 2.24) is 0 Å². The Balaban J connectivity index is 1.66. The molecule has 0 atom stereocenters. The number of halogens is 3. The Labute approximate surface area is 157 Å². The van der Waals surface area contributed by atoms with Crippen LogP contribution in [0.3, 0.4) is 0 Å². The van der Waals surface area contributed by atoms with E-state index in [2.05, 4.69) is 10.8 Å². The second-order valence-electron chi connectivity index (χ2n) is 7.07. The molecule has 0 N–H and O–H groups in total. The van der Waals surface area contributed by atoms with Crippen LogP contribution in [-0.2, 0) is 0 Å². The van der Waals surface area contributed by atoms with Crippen LogP contribution in [0.2, 0.25) is 0 Å². The van der Waals surface area contributed by atoms with Gasteiger partial charge in [0.25, 0.3) is 0 Å². The summed E-state index contributed by atoms with van der Waals surface area (Å²) in [4.78, 5) is 0. The first kappa shape index (κ1) is 19.6. The van der Waals surface area contributed by atoms with Crippen LogP contribution in [0.1, 0.15) is 37.7 Å². The molecule has 3 nitrogen and oxygen atoms in total. The molecule has 2 aliphatic carbocycles. The fourth-order valence-corrected chi connectivity index (χ4v) is 2.85. The van der Waals surface area contributed by atoms with Crippen molar-refractivity contribution in [2.24, 2.45) is 11.8 Å². The number of hydrogen-bond acceptors (Lipinski definition) is 3. The van der Waals surface area contributed by atoms with Gasteiger partial charge in [-0.1, -0.05) is 30.7 Å². The highest BCUT2D eigenvalue weighted by Crippen LogP contribution is 2.40. The van der Waals surface area contributed by atoms with E-state index in [4.69, 9.17) is 9.47 Å². The topological polar surface area (TPSA) is 27.7 Å². The molecule has 1 aromatic carbocycles. The fourth-order valence-electron chi connectivity index (χ4n) is 2.85. The van der Waals surface area contributed by atoms with Crippen molar-refractivity contribution in [2.45, 2.75) is 45.4 Å². The van der Waals surface area contributed by atoms with E-state index >= 15 is 0 Å². The van der Waals surface area contributed by atoms with E-state index < -0.39 is 6.36 Å². The molecule has 148 valence electrons. The van der Waals surface area contributed by atoms with Crippen molar-refractivity contribution in [3.05, 3.63) is 42.0 Å². The van der Waals surface area contributed by atoms with Crippen molar-refractivity contribution in [2.75, 3.05) is 13.2 Å². The number of alkyl halides is 3. The van der Waals surface area contributed by atoms with Crippen LogP contribution in [0.25, 0.3) is 0 Å². The monoisotopic (exact) mass is 382 g/mol. The van der Waals surface area contributed by atoms with Gasteiger partial charge in [-0.15, -0.1) is 13.2 Å². The number of benzene rings is 1. The van der Waals surface area contributed by atoms with E-state index in [9.17, 15) is 13.2 Å². The van der Waals surface area contributed by atoms with Crippen molar-refractivity contribution in [1.29, 1.82) is 0 Å². The second kappa shape index (κ2) is 8.72. The SMILES string of the molecule is Cc1c(OC/C=C/C2CCC2)ccc(OC/C=C/C2CC2)c1OC(F)(F)F. The Morgan fingerprint density at radius 3 is 2.00 bits per heavy atom. The average molecular weight is 382 g/mol. The van der Waals surface area contributed by atoms with Crippen molar-refractivity contribution < 1.29 is 27.4 Å². The van der Waals surface area contributed by atoms with Gasteiger partial charge in [0.2, 0.25) is 0 Å². The summed E-state index contributed by atoms with van der Waals surface area (Å²) in [5, 5.41) is 0. The summed E-state index contributed by atoms with van der Waals surface area (Å²) in [5.74, 6) is 1.27. The Morgan fingerprint density at radius 1 is 0.926 bits per heavy atom. The van der Waals surface area contributed by atoms with Gasteiger partial charge in [-0.25, -0.2) is 0 Å². The summed E-state index contributed by atoms with van der Waals surface area (Å²) in [5.41, 5.74) is 0.271. The molecule has 27 heavy (non-hydrogen) atoms. The maximum atomic E-state index is 12.8. The predicted molar refractivity (Wildman–Crippen MR) is 97.2 cm³/mol. The average Bonchev–Trinajstić information content (AvgIpc) is 3.37. The third-order valence-corrected chi connectivity index (χ3v) is 4.80. The summed E-state index contributed by atoms with van der Waals surface area (Å²) < 4.78 is 53.8. The van der Waals surface area contributed by atoms with E-state index in [0.29, 0.717) is 24.2 Å². The zero-order chi connectivity index (χ0) is 19.3. The van der Waals surface area contributed by atoms with Crippen LogP contribution < -0.4 is 14.2 Å². The summed E-state index contributed by atoms with van der Waals surface area (Å²) in [6, 6.07) is 3.08. The lowest BCUT2D eigenvalue weighted by molar-refractivity contribution is -0.275. The van der Waals surface area contributed by atoms with E-state index in [1.165, 1.54) is 38.2 Å². The minimum atomic E-state index is -4.80. The number of allylic oxidation sites excluding steroid dienone is 2. The zero-order valence-corrected chi connectivity index (χ0v) is 15.4. The van der Waals surface area contributed by atoms with Gasteiger partial charge in [-0.3, -0.25) is 0 Å². The van der Waals surface area contributed by atoms with Crippen LogP contribution in [0.5, 0.6) is 17.2 Å². The summed E-state index contributed by atoms with van der Waals surface area (Å²) >= 11 is 0. The largest absolute Gasteiger partial charge is 0.573 e. The molecule has 0 heterocycles. The van der Waals surface area contributed by atoms with Crippen LogP contribution in [0, 0.1) is 18.8 Å². The Morgan fingerprint density at radius 2 is 1.48 bits per heavy atom. The molecule has 2 aliphatic rings. The lowest BCUT2D eigenvalue weighted by Gasteiger charge is -2.21. The van der Waals surface area contributed by atoms with Crippen molar-refractivity contribution in [3.63, 3.8) is 0 Å². The predicted octanol–water partition coefficient (Wildman–Crippen LogP) is 5.97. The molecule has 0 unspecified atom stereocenters. The highest BCUT2D eigenvalue weighted by atomic mass is 19.4. The summed E-state index contributed by atoms with van der Waals surface area (Å²) in [6.07, 6.45) is 9.07. The molecule has 1 aromatic rings. The van der Waals surface area contributed by atoms with E-state index in [1.807, 2.05) is 18.2 Å². The molecule has 3 rings (SSSR count). The highest BCUT2D eigenvalue weighted by molar-refractivity contribution is 5.53. The standard InChI is InChI=1S/C21H25F3O3/c1-15-18(25-13-3-7-16-5-2-6-16)11-12-19(20(15)27-21(22,23)24)26-14-4-8-17-9-10-17/h3-4,7-8,11-12,16-17H,2,5-6,9-10,13-14H2,1H3/b7-3+,8-4+. The Bertz CT molecular complexity index is 687. The van der Waals surface area contributed by atoms with E-state index in [1.54, 1.807) is 13.0 Å². The molecule has 0 radical (unpaired) electrons. The van der Waals surface area contributed by atoms with Gasteiger partial charge in [0.1, 0.15) is 19.0 Å². The number of ether oxygens (including phenoxy) is 3. The van der Waals surface area contributed by atoms with Gasteiger partial charge in [0.15, 0.2) is 11.5 Å². The molecular weight excluding hydrogens is 357 g/mol. The van der Waals surface area contributed by atoms with Gasteiger partial charge in [0, 0.05) is 5.56 Å². The van der Waals surface area contributed by atoms with Gasteiger partial charge >= 0.3 is 6.36 Å². The minimum absolute atomic E-state index is 0.0580.